The minimum atomic E-state index is -1.72. The molecule has 67 heavy (non-hydrogen) atoms. The van der Waals surface area contributed by atoms with E-state index >= 15 is 14.4 Å². The number of hydrogen-bond donors (Lipinski definition) is 2. The molecule has 2 N–H and O–H groups in total. The zero-order valence-electron chi connectivity index (χ0n) is 36.3. The summed E-state index contributed by atoms with van der Waals surface area (Å²) >= 11 is 0. The maximum atomic E-state index is 16.0. The fraction of sp³-hybridized carbons (Fsp3) is 0.250. The highest BCUT2D eigenvalue weighted by atomic mass is 16.6. The Morgan fingerprint density at radius 2 is 1.54 bits per heavy atom. The summed E-state index contributed by atoms with van der Waals surface area (Å²) in [4.78, 5) is 61.9. The number of ether oxygens (including phenoxy) is 2. The van der Waals surface area contributed by atoms with Gasteiger partial charge in [-0.25, -0.2) is 14.6 Å². The van der Waals surface area contributed by atoms with Gasteiger partial charge in [0.25, 0.3) is 0 Å². The zero-order chi connectivity index (χ0) is 45.5. The van der Waals surface area contributed by atoms with E-state index in [9.17, 15) is 5.11 Å². The third-order valence-electron chi connectivity index (χ3n) is 13.4. The quantitative estimate of drug-likeness (QED) is 0.143. The number of nitrogens with zero attached hydrogens (tertiary/aromatic N) is 8. The van der Waals surface area contributed by atoms with Gasteiger partial charge in [-0.1, -0.05) is 102 Å². The predicted octanol–water partition coefficient (Wildman–Crippen LogP) is 5.26. The van der Waals surface area contributed by atoms with E-state index in [0.29, 0.717) is 60.3 Å². The van der Waals surface area contributed by atoms with Crippen molar-refractivity contribution in [3.05, 3.63) is 174 Å². The maximum absolute atomic E-state index is 16.0. The zero-order valence-corrected chi connectivity index (χ0v) is 36.3. The SMILES string of the molecule is O=C1OC(c2ccccc2)C(c2ccccc2)N2C1C(C(=O)N1CCN(c3ncccn3)CC1)C1(C(=O)Nc3ccc(C#CCn4nnc5ccccc54)cc31)C2c1cccc(OCCO)c1. The van der Waals surface area contributed by atoms with Crippen LogP contribution in [0, 0.1) is 17.8 Å². The number of nitrogens with one attached hydrogen (secondary N) is 1. The molecule has 0 saturated carbocycles. The number of rotatable bonds is 9. The number of piperazine rings is 1. The average molecular weight is 892 g/mol. The van der Waals surface area contributed by atoms with Gasteiger partial charge >= 0.3 is 5.97 Å². The first-order chi connectivity index (χ1) is 32.9. The van der Waals surface area contributed by atoms with Crippen molar-refractivity contribution in [3.63, 3.8) is 0 Å². The molecule has 15 nitrogen and oxygen atoms in total. The van der Waals surface area contributed by atoms with Crippen LogP contribution in [-0.2, 0) is 31.1 Å². The van der Waals surface area contributed by atoms with E-state index in [2.05, 4.69) is 42.3 Å². The molecule has 6 heterocycles. The van der Waals surface area contributed by atoms with E-state index in [1.165, 1.54) is 0 Å². The summed E-state index contributed by atoms with van der Waals surface area (Å²) in [5.41, 5.74) is 3.80. The number of hydrogen-bond acceptors (Lipinski definition) is 12. The minimum absolute atomic E-state index is 0.0392. The maximum Gasteiger partial charge on any atom is 0.324 e. The highest BCUT2D eigenvalue weighted by molar-refractivity contribution is 6.12. The van der Waals surface area contributed by atoms with E-state index in [1.54, 1.807) is 34.1 Å². The van der Waals surface area contributed by atoms with E-state index in [1.807, 2.05) is 126 Å². The molecule has 0 aliphatic carbocycles. The Hall–Kier alpha value is -7.93. The molecule has 1 spiro atoms. The predicted molar refractivity (Wildman–Crippen MR) is 247 cm³/mol. The molecule has 11 rings (SSSR count). The van der Waals surface area contributed by atoms with Gasteiger partial charge in [0.1, 0.15) is 42.0 Å². The van der Waals surface area contributed by atoms with E-state index in [-0.39, 0.29) is 25.7 Å². The fourth-order valence-electron chi connectivity index (χ4n) is 10.6. The highest BCUT2D eigenvalue weighted by Crippen LogP contribution is 2.65. The van der Waals surface area contributed by atoms with E-state index in [0.717, 1.165) is 22.2 Å². The molecule has 15 heteroatoms. The molecule has 2 amide bonds. The highest BCUT2D eigenvalue weighted by Gasteiger charge is 2.74. The van der Waals surface area contributed by atoms with Crippen molar-refractivity contribution in [3.8, 4) is 17.6 Å². The molecule has 2 aromatic heterocycles. The number of anilines is 2. The molecular formula is C52H45N9O6. The van der Waals surface area contributed by atoms with Crippen LogP contribution in [0.1, 0.15) is 46.0 Å². The van der Waals surface area contributed by atoms with Gasteiger partial charge in [-0.05, 0) is 70.8 Å². The lowest BCUT2D eigenvalue weighted by Gasteiger charge is -2.46. The largest absolute Gasteiger partial charge is 0.491 e. The number of amides is 2. The number of carbonyl (C=O) groups excluding carboxylic acids is 3. The van der Waals surface area contributed by atoms with E-state index < -0.39 is 47.4 Å². The molecule has 5 aromatic carbocycles. The molecule has 4 aliphatic rings. The number of para-hydroxylation sites is 1. The smallest absolute Gasteiger partial charge is 0.324 e. The fourth-order valence-corrected chi connectivity index (χ4v) is 10.6. The first kappa shape index (κ1) is 41.8. The van der Waals surface area contributed by atoms with Crippen LogP contribution in [0.2, 0.25) is 0 Å². The lowest BCUT2D eigenvalue weighted by atomic mass is 9.65. The van der Waals surface area contributed by atoms with Crippen LogP contribution in [0.4, 0.5) is 11.6 Å². The number of aliphatic hydroxyl groups excluding tert-OH is 1. The molecule has 3 saturated heterocycles. The van der Waals surface area contributed by atoms with Crippen LogP contribution < -0.4 is 15.0 Å². The van der Waals surface area contributed by atoms with Crippen LogP contribution in [-0.4, -0.2) is 103 Å². The van der Waals surface area contributed by atoms with Crippen molar-refractivity contribution in [2.75, 3.05) is 49.6 Å². The van der Waals surface area contributed by atoms with Gasteiger partial charge in [0.15, 0.2) is 0 Å². The molecule has 0 bridgehead atoms. The number of cyclic esters (lactones) is 1. The van der Waals surface area contributed by atoms with Gasteiger partial charge in [0, 0.05) is 49.8 Å². The van der Waals surface area contributed by atoms with Crippen LogP contribution in [0.5, 0.6) is 5.75 Å². The summed E-state index contributed by atoms with van der Waals surface area (Å²) in [6.45, 7) is 1.56. The van der Waals surface area contributed by atoms with Gasteiger partial charge < -0.3 is 29.7 Å². The lowest BCUT2D eigenvalue weighted by molar-refractivity contribution is -0.179. The third-order valence-corrected chi connectivity index (χ3v) is 13.4. The molecular weight excluding hydrogens is 847 g/mol. The van der Waals surface area contributed by atoms with Crippen LogP contribution in [0.15, 0.2) is 146 Å². The van der Waals surface area contributed by atoms with Gasteiger partial charge in [-0.3, -0.25) is 19.3 Å². The van der Waals surface area contributed by atoms with Gasteiger partial charge in [0.05, 0.1) is 30.1 Å². The van der Waals surface area contributed by atoms with Gasteiger partial charge in [-0.2, -0.15) is 0 Å². The first-order valence-corrected chi connectivity index (χ1v) is 22.4. The molecule has 3 fully saturated rings. The average Bonchev–Trinajstić information content (AvgIpc) is 4.03. The van der Waals surface area contributed by atoms with Crippen molar-refractivity contribution in [2.24, 2.45) is 5.92 Å². The molecule has 4 aliphatic heterocycles. The van der Waals surface area contributed by atoms with Gasteiger partial charge in [0.2, 0.25) is 17.8 Å². The number of morpholine rings is 1. The second-order valence-corrected chi connectivity index (χ2v) is 17.0. The normalized spacial score (nSPS) is 23.3. The Morgan fingerprint density at radius 1 is 0.806 bits per heavy atom. The Kier molecular flexibility index (Phi) is 10.9. The standard InChI is InChI=1S/C52H45N9O6/c62-30-31-66-38-18-9-17-37(33-38)47-52(39-32-34(21-22-40(39)55-50(52)65)12-10-25-60-42-20-8-7-19-41(42)56-57-60)43(48(63)58-26-28-59(29-27-58)51-53-23-11-24-54-51)45-49(64)67-46(36-15-5-2-6-16-36)44(61(45)47)35-13-3-1-4-14-35/h1-9,11,13-24,32-33,43-47,62H,25-31H2,(H,55,65). The summed E-state index contributed by atoms with van der Waals surface area (Å²) < 4.78 is 14.4. The Morgan fingerprint density at radius 3 is 2.31 bits per heavy atom. The van der Waals surface area contributed by atoms with Crippen molar-refractivity contribution in [2.45, 2.75) is 36.2 Å². The molecule has 7 aromatic rings. The van der Waals surface area contributed by atoms with E-state index in [4.69, 9.17) is 9.47 Å². The molecule has 334 valence electrons. The van der Waals surface area contributed by atoms with Crippen LogP contribution >= 0.6 is 0 Å². The molecule has 6 atom stereocenters. The second kappa shape index (κ2) is 17.5. The third kappa shape index (κ3) is 7.22. The number of carbonyl (C=O) groups is 3. The minimum Gasteiger partial charge on any atom is -0.491 e. The van der Waals surface area contributed by atoms with Crippen molar-refractivity contribution in [1.29, 1.82) is 0 Å². The summed E-state index contributed by atoms with van der Waals surface area (Å²) in [5, 5.41) is 21.6. The molecule has 0 radical (unpaired) electrons. The Labute approximate surface area is 386 Å². The first-order valence-electron chi connectivity index (χ1n) is 22.4. The number of benzene rings is 5. The van der Waals surface area contributed by atoms with Crippen molar-refractivity contribution < 1.29 is 29.0 Å². The number of esters is 1. The summed E-state index contributed by atoms with van der Waals surface area (Å²) in [7, 11) is 0. The van der Waals surface area contributed by atoms with Crippen LogP contribution in [0.3, 0.4) is 0 Å². The Bertz CT molecular complexity index is 3040. The molecule has 6 unspecified atom stereocenters. The summed E-state index contributed by atoms with van der Waals surface area (Å²) in [6.07, 6.45) is 2.55. The summed E-state index contributed by atoms with van der Waals surface area (Å²) in [6, 6.07) is 38.9. The Balaban J connectivity index is 1.11. The van der Waals surface area contributed by atoms with Crippen LogP contribution in [0.25, 0.3) is 11.0 Å². The number of aromatic nitrogens is 5. The lowest BCUT2D eigenvalue weighted by Crippen LogP contribution is -2.58. The monoisotopic (exact) mass is 891 g/mol. The second-order valence-electron chi connectivity index (χ2n) is 17.0. The van der Waals surface area contributed by atoms with Crippen molar-refractivity contribution in [1.82, 2.24) is 34.8 Å². The topological polar surface area (TPSA) is 168 Å². The number of aliphatic hydroxyl groups is 1. The number of fused-ring (bicyclic) bond motifs is 4. The van der Waals surface area contributed by atoms with Gasteiger partial charge in [-0.15, -0.1) is 5.10 Å². The summed E-state index contributed by atoms with van der Waals surface area (Å²) in [5.74, 6) is 4.92. The van der Waals surface area contributed by atoms with Crippen molar-refractivity contribution >= 4 is 40.5 Å².